The van der Waals surface area contributed by atoms with Crippen molar-refractivity contribution in [1.29, 1.82) is 0 Å². The van der Waals surface area contributed by atoms with Gasteiger partial charge in [0.25, 0.3) is 0 Å². The van der Waals surface area contributed by atoms with E-state index in [-0.39, 0.29) is 18.0 Å². The summed E-state index contributed by atoms with van der Waals surface area (Å²) in [5, 5.41) is 0. The molecule has 102 valence electrons. The molecular weight excluding hydrogens is 232 g/mol. The molecule has 5 aliphatic rings. The van der Waals surface area contributed by atoms with Gasteiger partial charge in [-0.2, -0.15) is 0 Å². The lowest BCUT2D eigenvalue weighted by Crippen LogP contribution is -2.61. The van der Waals surface area contributed by atoms with Gasteiger partial charge in [0.2, 0.25) is 5.79 Å². The van der Waals surface area contributed by atoms with Gasteiger partial charge in [-0.15, -0.1) is 0 Å². The summed E-state index contributed by atoms with van der Waals surface area (Å²) in [4.78, 5) is 11.6. The Morgan fingerprint density at radius 1 is 1.00 bits per heavy atom. The highest BCUT2D eigenvalue weighted by Gasteiger charge is 2.70. The Balaban J connectivity index is 1.82. The van der Waals surface area contributed by atoms with Gasteiger partial charge in [0.15, 0.2) is 11.9 Å². The molecule has 4 heteroatoms. The van der Waals surface area contributed by atoms with Crippen molar-refractivity contribution in [3.8, 4) is 0 Å². The summed E-state index contributed by atoms with van der Waals surface area (Å²) in [6.07, 6.45) is 4.38. The van der Waals surface area contributed by atoms with E-state index in [0.717, 1.165) is 19.3 Å². The van der Waals surface area contributed by atoms with Gasteiger partial charge in [-0.05, 0) is 44.9 Å². The molecule has 0 aromatic rings. The van der Waals surface area contributed by atoms with Gasteiger partial charge in [-0.3, -0.25) is 0 Å². The van der Waals surface area contributed by atoms with Gasteiger partial charge in [0.1, 0.15) is 0 Å². The fourth-order valence-electron chi connectivity index (χ4n) is 4.65. The van der Waals surface area contributed by atoms with Crippen LogP contribution >= 0.6 is 0 Å². The fraction of sp³-hybridized carbons (Fsp3) is 1.00. The van der Waals surface area contributed by atoms with Crippen LogP contribution in [0.5, 0.6) is 0 Å². The van der Waals surface area contributed by atoms with E-state index < -0.39 is 5.79 Å². The standard InChI is InChI=1S/C14H22O4/c1-8-4-5-11-9(2)15-12-14(11)10(8)6-7-13(3,16-12)17-18-14/h8-12H,4-7H2,1-3H3/t8-,9-,10?,11?,12?,13?,14?/m1/s1. The maximum atomic E-state index is 6.10. The Bertz CT molecular complexity index is 373. The first-order valence-corrected chi connectivity index (χ1v) is 7.25. The Hall–Kier alpha value is -0.160. The minimum Gasteiger partial charge on any atom is -0.346 e. The molecule has 0 radical (unpaired) electrons. The lowest BCUT2D eigenvalue weighted by molar-refractivity contribution is -0.541. The van der Waals surface area contributed by atoms with Crippen LogP contribution in [0.3, 0.4) is 0 Å². The summed E-state index contributed by atoms with van der Waals surface area (Å²) in [6, 6.07) is 0. The van der Waals surface area contributed by atoms with Crippen molar-refractivity contribution in [3.63, 3.8) is 0 Å². The third kappa shape index (κ3) is 1.25. The minimum absolute atomic E-state index is 0.203. The van der Waals surface area contributed by atoms with Crippen molar-refractivity contribution >= 4 is 0 Å². The van der Waals surface area contributed by atoms with Crippen LogP contribution in [0, 0.1) is 17.8 Å². The number of fused-ring (bicyclic) bond motifs is 2. The Morgan fingerprint density at radius 2 is 1.83 bits per heavy atom. The molecule has 5 rings (SSSR count). The molecule has 1 spiro atoms. The van der Waals surface area contributed by atoms with Crippen molar-refractivity contribution in [2.24, 2.45) is 17.8 Å². The van der Waals surface area contributed by atoms with E-state index in [4.69, 9.17) is 19.2 Å². The van der Waals surface area contributed by atoms with Crippen molar-refractivity contribution in [2.75, 3.05) is 0 Å². The Kier molecular flexibility index (Phi) is 2.25. The van der Waals surface area contributed by atoms with Gasteiger partial charge in [0.05, 0.1) is 6.10 Å². The first kappa shape index (κ1) is 11.6. The molecule has 5 fully saturated rings. The molecule has 0 aromatic carbocycles. The maximum absolute atomic E-state index is 6.10. The Labute approximate surface area is 108 Å². The summed E-state index contributed by atoms with van der Waals surface area (Å²) in [7, 11) is 0. The maximum Gasteiger partial charge on any atom is 0.201 e. The van der Waals surface area contributed by atoms with Gasteiger partial charge in [0, 0.05) is 12.3 Å². The molecule has 5 unspecified atom stereocenters. The second-order valence-corrected chi connectivity index (χ2v) is 6.75. The summed E-state index contributed by atoms with van der Waals surface area (Å²) in [6.45, 7) is 6.44. The molecule has 0 amide bonds. The molecule has 4 aliphatic heterocycles. The number of ether oxygens (including phenoxy) is 2. The summed E-state index contributed by atoms with van der Waals surface area (Å²) >= 11 is 0. The predicted octanol–water partition coefficient (Wildman–Crippen LogP) is 2.62. The van der Waals surface area contributed by atoms with Gasteiger partial charge >= 0.3 is 0 Å². The van der Waals surface area contributed by atoms with E-state index in [1.807, 2.05) is 6.92 Å². The van der Waals surface area contributed by atoms with Crippen molar-refractivity contribution < 1.29 is 19.2 Å². The van der Waals surface area contributed by atoms with Crippen molar-refractivity contribution in [1.82, 2.24) is 0 Å². The van der Waals surface area contributed by atoms with Crippen LogP contribution in [0.4, 0.5) is 0 Å². The average Bonchev–Trinajstić information content (AvgIpc) is 2.45. The fourth-order valence-corrected chi connectivity index (χ4v) is 4.65. The zero-order valence-electron chi connectivity index (χ0n) is 11.3. The van der Waals surface area contributed by atoms with Crippen molar-refractivity contribution in [3.05, 3.63) is 0 Å². The van der Waals surface area contributed by atoms with Gasteiger partial charge < -0.3 is 9.47 Å². The molecule has 0 aromatic heterocycles. The van der Waals surface area contributed by atoms with Crippen LogP contribution in [0.15, 0.2) is 0 Å². The molecule has 0 N–H and O–H groups in total. The van der Waals surface area contributed by atoms with E-state index >= 15 is 0 Å². The van der Waals surface area contributed by atoms with Crippen LogP contribution in [0.1, 0.15) is 46.5 Å². The highest BCUT2D eigenvalue weighted by molar-refractivity contribution is 5.10. The van der Waals surface area contributed by atoms with E-state index in [0.29, 0.717) is 17.8 Å². The van der Waals surface area contributed by atoms with Gasteiger partial charge in [-0.1, -0.05) is 6.92 Å². The third-order valence-corrected chi connectivity index (χ3v) is 5.68. The highest BCUT2D eigenvalue weighted by Crippen LogP contribution is 2.60. The molecule has 1 saturated carbocycles. The zero-order valence-corrected chi connectivity index (χ0v) is 11.3. The summed E-state index contributed by atoms with van der Waals surface area (Å²) in [5.41, 5.74) is -0.354. The van der Waals surface area contributed by atoms with E-state index in [9.17, 15) is 0 Å². The summed E-state index contributed by atoms with van der Waals surface area (Å²) < 4.78 is 12.2. The normalized spacial score (nSPS) is 62.5. The molecule has 18 heavy (non-hydrogen) atoms. The number of hydrogen-bond donors (Lipinski definition) is 0. The topological polar surface area (TPSA) is 36.9 Å². The molecule has 1 aliphatic carbocycles. The van der Waals surface area contributed by atoms with E-state index in [1.165, 1.54) is 6.42 Å². The second kappa shape index (κ2) is 3.48. The monoisotopic (exact) mass is 254 g/mol. The van der Waals surface area contributed by atoms with Crippen LogP contribution in [-0.2, 0) is 19.2 Å². The van der Waals surface area contributed by atoms with Crippen LogP contribution in [-0.4, -0.2) is 23.8 Å². The number of hydrogen-bond acceptors (Lipinski definition) is 4. The first-order chi connectivity index (χ1) is 8.55. The lowest BCUT2D eigenvalue weighted by atomic mass is 9.62. The van der Waals surface area contributed by atoms with Crippen LogP contribution in [0.2, 0.25) is 0 Å². The van der Waals surface area contributed by atoms with Crippen LogP contribution in [0.25, 0.3) is 0 Å². The average molecular weight is 254 g/mol. The largest absolute Gasteiger partial charge is 0.346 e. The molecule has 4 nitrogen and oxygen atoms in total. The van der Waals surface area contributed by atoms with Gasteiger partial charge in [-0.25, -0.2) is 9.78 Å². The molecule has 2 bridgehead atoms. The second-order valence-electron chi connectivity index (χ2n) is 6.75. The molecule has 7 atom stereocenters. The minimum atomic E-state index is -0.623. The first-order valence-electron chi connectivity index (χ1n) is 7.25. The highest BCUT2D eigenvalue weighted by atomic mass is 17.3. The zero-order chi connectivity index (χ0) is 12.5. The molecule has 4 heterocycles. The van der Waals surface area contributed by atoms with E-state index in [1.54, 1.807) is 0 Å². The molecular formula is C14H22O4. The lowest BCUT2D eigenvalue weighted by Gasteiger charge is -2.50. The number of rotatable bonds is 0. The smallest absolute Gasteiger partial charge is 0.201 e. The summed E-state index contributed by atoms with van der Waals surface area (Å²) in [5.74, 6) is 0.939. The SMILES string of the molecule is C[C@@H]1CCC2[C@@H](C)OC3OC4(C)CCC1C32OO4. The van der Waals surface area contributed by atoms with Crippen LogP contribution < -0.4 is 0 Å². The Morgan fingerprint density at radius 3 is 2.67 bits per heavy atom. The third-order valence-electron chi connectivity index (χ3n) is 5.68. The molecule has 4 saturated heterocycles. The van der Waals surface area contributed by atoms with E-state index in [2.05, 4.69) is 13.8 Å². The predicted molar refractivity (Wildman–Crippen MR) is 63.3 cm³/mol. The van der Waals surface area contributed by atoms with Crippen molar-refractivity contribution in [2.45, 2.75) is 70.2 Å². The quantitative estimate of drug-likeness (QED) is 0.623.